The van der Waals surface area contributed by atoms with Crippen LogP contribution in [0.2, 0.25) is 0 Å². The number of aromatic nitrogens is 3. The zero-order valence-electron chi connectivity index (χ0n) is 10.0. The number of fused-ring (bicyclic) bond motifs is 1. The second-order valence-electron chi connectivity index (χ2n) is 4.30. The van der Waals surface area contributed by atoms with Crippen LogP contribution in [0.1, 0.15) is 28.2 Å². The number of carbonyl (C=O) groups is 1. The van der Waals surface area contributed by atoms with E-state index in [1.54, 1.807) is 13.1 Å². The van der Waals surface area contributed by atoms with Crippen LogP contribution < -0.4 is 5.32 Å². The zero-order valence-corrected chi connectivity index (χ0v) is 10.0. The maximum absolute atomic E-state index is 12.9. The molecule has 2 aromatic heterocycles. The maximum atomic E-state index is 12.9. The molecule has 98 valence electrons. The highest BCUT2D eigenvalue weighted by Crippen LogP contribution is 2.31. The summed E-state index contributed by atoms with van der Waals surface area (Å²) in [5.74, 6) is -0.230. The van der Waals surface area contributed by atoms with Gasteiger partial charge in [-0.25, -0.2) is 8.78 Å². The van der Waals surface area contributed by atoms with Gasteiger partial charge < -0.3 is 5.32 Å². The van der Waals surface area contributed by atoms with Crippen LogP contribution in [0.15, 0.2) is 18.5 Å². The molecule has 0 radical (unpaired) electrons. The minimum atomic E-state index is -2.67. The van der Waals surface area contributed by atoms with Gasteiger partial charge in [0.2, 0.25) is 0 Å². The predicted molar refractivity (Wildman–Crippen MR) is 62.6 cm³/mol. The van der Waals surface area contributed by atoms with Crippen molar-refractivity contribution in [1.82, 2.24) is 20.1 Å². The first kappa shape index (κ1) is 11.8. The maximum Gasteiger partial charge on any atom is 0.282 e. The van der Waals surface area contributed by atoms with Crippen LogP contribution in [0, 0.1) is 0 Å². The SMILES string of the molecule is Cn1cc(-c2cnc3c(c2)C(=O)NC3)c(C(F)F)n1. The van der Waals surface area contributed by atoms with Crippen molar-refractivity contribution in [3.05, 3.63) is 35.4 Å². The van der Waals surface area contributed by atoms with E-state index in [4.69, 9.17) is 0 Å². The Balaban J connectivity index is 2.13. The standard InChI is InChI=1S/C12H10F2N4O/c1-18-5-8(10(17-18)11(13)14)6-2-7-9(15-3-6)4-16-12(7)19/h2-3,5,11H,4H2,1H3,(H,16,19). The lowest BCUT2D eigenvalue weighted by Gasteiger charge is -2.03. The van der Waals surface area contributed by atoms with Crippen molar-refractivity contribution in [2.24, 2.45) is 7.05 Å². The molecule has 5 nitrogen and oxygen atoms in total. The molecule has 1 aliphatic heterocycles. The molecule has 0 fully saturated rings. The Morgan fingerprint density at radius 3 is 2.95 bits per heavy atom. The Morgan fingerprint density at radius 1 is 1.42 bits per heavy atom. The van der Waals surface area contributed by atoms with Crippen molar-refractivity contribution in [3.63, 3.8) is 0 Å². The highest BCUT2D eigenvalue weighted by Gasteiger charge is 2.23. The van der Waals surface area contributed by atoms with Gasteiger partial charge in [-0.2, -0.15) is 5.10 Å². The van der Waals surface area contributed by atoms with Gasteiger partial charge in [-0.3, -0.25) is 14.5 Å². The normalized spacial score (nSPS) is 13.8. The van der Waals surface area contributed by atoms with Gasteiger partial charge >= 0.3 is 0 Å². The van der Waals surface area contributed by atoms with Crippen LogP contribution in [0.4, 0.5) is 8.78 Å². The number of nitrogens with one attached hydrogen (secondary N) is 1. The van der Waals surface area contributed by atoms with E-state index in [0.29, 0.717) is 28.9 Å². The van der Waals surface area contributed by atoms with Gasteiger partial charge in [-0.1, -0.05) is 0 Å². The van der Waals surface area contributed by atoms with Gasteiger partial charge in [0, 0.05) is 30.6 Å². The second-order valence-corrected chi connectivity index (χ2v) is 4.30. The van der Waals surface area contributed by atoms with Crippen molar-refractivity contribution >= 4 is 5.91 Å². The average molecular weight is 264 g/mol. The molecule has 2 aromatic rings. The fourth-order valence-corrected chi connectivity index (χ4v) is 2.13. The largest absolute Gasteiger partial charge is 0.346 e. The van der Waals surface area contributed by atoms with E-state index in [1.165, 1.54) is 17.1 Å². The van der Waals surface area contributed by atoms with E-state index < -0.39 is 6.43 Å². The number of nitrogens with zero attached hydrogens (tertiary/aromatic N) is 3. The molecule has 0 atom stereocenters. The molecule has 0 spiro atoms. The van der Waals surface area contributed by atoms with Crippen LogP contribution in [-0.2, 0) is 13.6 Å². The Bertz CT molecular complexity index is 666. The highest BCUT2D eigenvalue weighted by molar-refractivity contribution is 5.98. The van der Waals surface area contributed by atoms with E-state index in [9.17, 15) is 13.6 Å². The first-order valence-electron chi connectivity index (χ1n) is 5.65. The molecule has 0 unspecified atom stereocenters. The van der Waals surface area contributed by atoms with E-state index in [1.807, 2.05) is 0 Å². The average Bonchev–Trinajstić information content (AvgIpc) is 2.93. The van der Waals surface area contributed by atoms with Gasteiger partial charge in [0.25, 0.3) is 12.3 Å². The number of hydrogen-bond donors (Lipinski definition) is 1. The van der Waals surface area contributed by atoms with E-state index in [2.05, 4.69) is 15.4 Å². The summed E-state index contributed by atoms with van der Waals surface area (Å²) < 4.78 is 27.1. The third-order valence-corrected chi connectivity index (χ3v) is 3.01. The molecule has 7 heteroatoms. The number of pyridine rings is 1. The van der Waals surface area contributed by atoms with Gasteiger partial charge in [-0.15, -0.1) is 0 Å². The molecule has 19 heavy (non-hydrogen) atoms. The van der Waals surface area contributed by atoms with Crippen molar-refractivity contribution in [2.75, 3.05) is 0 Å². The number of rotatable bonds is 2. The highest BCUT2D eigenvalue weighted by atomic mass is 19.3. The molecule has 1 amide bonds. The number of amides is 1. The molecule has 0 saturated carbocycles. The molecular weight excluding hydrogens is 254 g/mol. The Kier molecular flexibility index (Phi) is 2.55. The number of alkyl halides is 2. The number of halogens is 2. The minimum Gasteiger partial charge on any atom is -0.346 e. The van der Waals surface area contributed by atoms with E-state index >= 15 is 0 Å². The summed E-state index contributed by atoms with van der Waals surface area (Å²) in [6.45, 7) is 0.378. The van der Waals surface area contributed by atoms with Crippen molar-refractivity contribution in [3.8, 4) is 11.1 Å². The third kappa shape index (κ3) is 1.87. The van der Waals surface area contributed by atoms with Gasteiger partial charge in [0.05, 0.1) is 17.8 Å². The molecule has 0 aromatic carbocycles. The van der Waals surface area contributed by atoms with Crippen LogP contribution in [0.3, 0.4) is 0 Å². The minimum absolute atomic E-state index is 0.230. The van der Waals surface area contributed by atoms with Gasteiger partial charge in [-0.05, 0) is 6.07 Å². The van der Waals surface area contributed by atoms with Crippen LogP contribution >= 0.6 is 0 Å². The smallest absolute Gasteiger partial charge is 0.282 e. The molecule has 0 saturated heterocycles. The lowest BCUT2D eigenvalue weighted by atomic mass is 10.1. The third-order valence-electron chi connectivity index (χ3n) is 3.01. The predicted octanol–water partition coefficient (Wildman–Crippen LogP) is 1.66. The molecule has 3 heterocycles. The first-order valence-corrected chi connectivity index (χ1v) is 5.65. The van der Waals surface area contributed by atoms with Crippen LogP contribution in [-0.4, -0.2) is 20.7 Å². The fraction of sp³-hybridized carbons (Fsp3) is 0.250. The molecule has 1 N–H and O–H groups in total. The van der Waals surface area contributed by atoms with Crippen molar-refractivity contribution in [1.29, 1.82) is 0 Å². The topological polar surface area (TPSA) is 59.8 Å². The summed E-state index contributed by atoms with van der Waals surface area (Å²) in [7, 11) is 1.57. The van der Waals surface area contributed by atoms with Crippen LogP contribution in [0.5, 0.6) is 0 Å². The summed E-state index contributed by atoms with van der Waals surface area (Å²) >= 11 is 0. The van der Waals surface area contributed by atoms with Gasteiger partial charge in [0.1, 0.15) is 5.69 Å². The summed E-state index contributed by atoms with van der Waals surface area (Å²) in [5, 5.41) is 6.37. The molecule has 3 rings (SSSR count). The summed E-state index contributed by atoms with van der Waals surface area (Å²) in [6, 6.07) is 1.58. The summed E-state index contributed by atoms with van der Waals surface area (Å²) in [6.07, 6.45) is 0.318. The lowest BCUT2D eigenvalue weighted by Crippen LogP contribution is -2.12. The lowest BCUT2D eigenvalue weighted by molar-refractivity contribution is 0.0965. The van der Waals surface area contributed by atoms with E-state index in [-0.39, 0.29) is 11.6 Å². The van der Waals surface area contributed by atoms with Crippen molar-refractivity contribution < 1.29 is 13.6 Å². The zero-order chi connectivity index (χ0) is 13.6. The second kappa shape index (κ2) is 4.11. The number of carbonyl (C=O) groups excluding carboxylic acids is 1. The Labute approximate surface area is 107 Å². The monoisotopic (exact) mass is 264 g/mol. The Morgan fingerprint density at radius 2 is 2.21 bits per heavy atom. The molecular formula is C12H10F2N4O. The fourth-order valence-electron chi connectivity index (χ4n) is 2.13. The summed E-state index contributed by atoms with van der Waals surface area (Å²) in [5.41, 5.74) is 1.53. The van der Waals surface area contributed by atoms with Gasteiger partial charge in [0.15, 0.2) is 0 Å². The van der Waals surface area contributed by atoms with E-state index in [0.717, 1.165) is 0 Å². The Hall–Kier alpha value is -2.31. The molecule has 0 aliphatic carbocycles. The number of hydrogen-bond acceptors (Lipinski definition) is 3. The molecule has 1 aliphatic rings. The first-order chi connectivity index (χ1) is 9.06. The quantitative estimate of drug-likeness (QED) is 0.897. The number of aryl methyl sites for hydroxylation is 1. The summed E-state index contributed by atoms with van der Waals surface area (Å²) in [4.78, 5) is 15.7. The molecule has 0 bridgehead atoms. The van der Waals surface area contributed by atoms with Crippen LogP contribution in [0.25, 0.3) is 11.1 Å². The van der Waals surface area contributed by atoms with Crippen molar-refractivity contribution in [2.45, 2.75) is 13.0 Å².